The van der Waals surface area contributed by atoms with Gasteiger partial charge in [0, 0.05) is 19.0 Å². The molecule has 0 N–H and O–H groups in total. The molecule has 4 nitrogen and oxygen atoms in total. The van der Waals surface area contributed by atoms with Crippen LogP contribution in [0.5, 0.6) is 0 Å². The maximum Gasteiger partial charge on any atom is 0.298 e. The second kappa shape index (κ2) is 6.55. The van der Waals surface area contributed by atoms with Gasteiger partial charge in [-0.1, -0.05) is 12.3 Å². The molecule has 2 saturated heterocycles. The quantitative estimate of drug-likeness (QED) is 0.528. The first-order chi connectivity index (χ1) is 8.79. The largest absolute Gasteiger partial charge is 0.331 e. The van der Waals surface area contributed by atoms with Gasteiger partial charge < -0.3 is 9.69 Å². The number of rotatable bonds is 2. The van der Waals surface area contributed by atoms with Gasteiger partial charge in [-0.05, 0) is 38.3 Å². The van der Waals surface area contributed by atoms with E-state index in [4.69, 9.17) is 0 Å². The first-order valence-corrected chi connectivity index (χ1v) is 6.75. The van der Waals surface area contributed by atoms with Crippen LogP contribution >= 0.6 is 0 Å². The number of nitrogens with zero attached hydrogens (tertiary/aromatic N) is 2. The van der Waals surface area contributed by atoms with Crippen LogP contribution < -0.4 is 0 Å². The van der Waals surface area contributed by atoms with Gasteiger partial charge in [0.05, 0.1) is 6.54 Å². The van der Waals surface area contributed by atoms with Gasteiger partial charge in [-0.3, -0.25) is 9.69 Å². The van der Waals surface area contributed by atoms with Crippen LogP contribution in [0.4, 0.5) is 0 Å². The van der Waals surface area contributed by atoms with Crippen LogP contribution in [0.1, 0.15) is 25.7 Å². The molecule has 2 fully saturated rings. The predicted octanol–water partition coefficient (Wildman–Crippen LogP) is 0.523. The molecule has 18 heavy (non-hydrogen) atoms. The molecular formula is C14H20N2O2. The molecule has 1 atom stereocenters. The first kappa shape index (κ1) is 13.1. The van der Waals surface area contributed by atoms with Gasteiger partial charge in [0.1, 0.15) is 6.29 Å². The molecule has 0 aromatic heterocycles. The predicted molar refractivity (Wildman–Crippen MR) is 68.8 cm³/mol. The average molecular weight is 248 g/mol. The van der Waals surface area contributed by atoms with Crippen molar-refractivity contribution in [2.45, 2.75) is 25.7 Å². The fourth-order valence-electron chi connectivity index (χ4n) is 2.51. The van der Waals surface area contributed by atoms with E-state index < -0.39 is 0 Å². The van der Waals surface area contributed by atoms with E-state index in [0.717, 1.165) is 25.8 Å². The molecule has 2 heterocycles. The Bertz CT molecular complexity index is 364. The van der Waals surface area contributed by atoms with Crippen molar-refractivity contribution in [2.24, 2.45) is 5.92 Å². The Morgan fingerprint density at radius 2 is 2.00 bits per heavy atom. The van der Waals surface area contributed by atoms with Crippen molar-refractivity contribution in [3.8, 4) is 11.8 Å². The highest BCUT2D eigenvalue weighted by molar-refractivity contribution is 5.94. The van der Waals surface area contributed by atoms with Gasteiger partial charge in [-0.2, -0.15) is 0 Å². The minimum Gasteiger partial charge on any atom is -0.331 e. The summed E-state index contributed by atoms with van der Waals surface area (Å²) in [5, 5.41) is 0. The molecule has 0 saturated carbocycles. The van der Waals surface area contributed by atoms with Gasteiger partial charge in [0.25, 0.3) is 5.91 Å². The fourth-order valence-corrected chi connectivity index (χ4v) is 2.51. The molecule has 0 radical (unpaired) electrons. The van der Waals surface area contributed by atoms with Gasteiger partial charge >= 0.3 is 0 Å². The number of hydrogen-bond donors (Lipinski definition) is 0. The van der Waals surface area contributed by atoms with Crippen molar-refractivity contribution >= 4 is 12.2 Å². The highest BCUT2D eigenvalue weighted by Crippen LogP contribution is 2.13. The maximum atomic E-state index is 11.8. The summed E-state index contributed by atoms with van der Waals surface area (Å²) in [6.07, 6.45) is 5.51. The molecule has 0 bridgehead atoms. The number of aldehydes is 1. The Morgan fingerprint density at radius 1 is 1.22 bits per heavy atom. The van der Waals surface area contributed by atoms with Crippen molar-refractivity contribution in [3.05, 3.63) is 0 Å². The van der Waals surface area contributed by atoms with Crippen LogP contribution in [0, 0.1) is 17.8 Å². The van der Waals surface area contributed by atoms with Crippen LogP contribution in [-0.2, 0) is 9.59 Å². The highest BCUT2D eigenvalue weighted by atomic mass is 16.2. The Balaban J connectivity index is 1.75. The number of piperidine rings is 1. The lowest BCUT2D eigenvalue weighted by Crippen LogP contribution is -2.30. The van der Waals surface area contributed by atoms with Crippen LogP contribution in [0.25, 0.3) is 0 Å². The summed E-state index contributed by atoms with van der Waals surface area (Å²) in [5.41, 5.74) is 0. The number of likely N-dealkylation sites (tertiary alicyclic amines) is 2. The van der Waals surface area contributed by atoms with E-state index in [9.17, 15) is 9.59 Å². The minimum absolute atomic E-state index is 0.0119. The molecule has 2 aliphatic rings. The first-order valence-electron chi connectivity index (χ1n) is 6.75. The van der Waals surface area contributed by atoms with Crippen molar-refractivity contribution in [3.63, 3.8) is 0 Å². The molecule has 0 aromatic rings. The Kier molecular flexibility index (Phi) is 4.77. The zero-order chi connectivity index (χ0) is 12.8. The standard InChI is InChI=1S/C14H20N2O2/c17-12-13-6-10-16(11-13)14(18)5-4-9-15-7-2-1-3-8-15/h12-13H,1-3,6-11H2. The van der Waals surface area contributed by atoms with Crippen LogP contribution in [-0.4, -0.2) is 54.7 Å². The minimum atomic E-state index is -0.128. The van der Waals surface area contributed by atoms with Crippen molar-refractivity contribution in [1.29, 1.82) is 0 Å². The summed E-state index contributed by atoms with van der Waals surface area (Å²) in [6.45, 7) is 4.09. The zero-order valence-electron chi connectivity index (χ0n) is 10.7. The van der Waals surface area contributed by atoms with Crippen molar-refractivity contribution < 1.29 is 9.59 Å². The summed E-state index contributed by atoms with van der Waals surface area (Å²) in [5.74, 6) is 5.54. The van der Waals surface area contributed by atoms with Crippen molar-refractivity contribution in [1.82, 2.24) is 9.80 Å². The molecule has 4 heteroatoms. The SMILES string of the molecule is O=CC1CCN(C(=O)C#CCN2CCCCC2)C1. The molecule has 1 unspecified atom stereocenters. The van der Waals surface area contributed by atoms with E-state index in [1.54, 1.807) is 4.90 Å². The van der Waals surface area contributed by atoms with Gasteiger partial charge in [0.15, 0.2) is 0 Å². The lowest BCUT2D eigenvalue weighted by atomic mass is 10.1. The van der Waals surface area contributed by atoms with Crippen LogP contribution in [0.2, 0.25) is 0 Å². The normalized spacial score (nSPS) is 24.4. The van der Waals surface area contributed by atoms with E-state index in [1.807, 2.05) is 0 Å². The molecule has 0 aromatic carbocycles. The molecule has 2 aliphatic heterocycles. The Labute approximate surface area is 108 Å². The summed E-state index contributed by atoms with van der Waals surface area (Å²) in [4.78, 5) is 26.4. The van der Waals surface area contributed by atoms with E-state index in [-0.39, 0.29) is 11.8 Å². The molecule has 0 spiro atoms. The van der Waals surface area contributed by atoms with E-state index in [1.165, 1.54) is 19.3 Å². The van der Waals surface area contributed by atoms with Gasteiger partial charge in [-0.25, -0.2) is 0 Å². The second-order valence-electron chi connectivity index (χ2n) is 5.07. The van der Waals surface area contributed by atoms with E-state index in [0.29, 0.717) is 19.6 Å². The lowest BCUT2D eigenvalue weighted by molar-refractivity contribution is -0.124. The summed E-state index contributed by atoms with van der Waals surface area (Å²) >= 11 is 0. The smallest absolute Gasteiger partial charge is 0.298 e. The summed E-state index contributed by atoms with van der Waals surface area (Å²) in [7, 11) is 0. The van der Waals surface area contributed by atoms with Crippen molar-refractivity contribution in [2.75, 3.05) is 32.7 Å². The van der Waals surface area contributed by atoms with Gasteiger partial charge in [-0.15, -0.1) is 0 Å². The van der Waals surface area contributed by atoms with Gasteiger partial charge in [0.2, 0.25) is 0 Å². The topological polar surface area (TPSA) is 40.6 Å². The number of carbonyl (C=O) groups excluding carboxylic acids is 2. The highest BCUT2D eigenvalue weighted by Gasteiger charge is 2.24. The average Bonchev–Trinajstić information content (AvgIpc) is 2.89. The Morgan fingerprint density at radius 3 is 2.67 bits per heavy atom. The third-order valence-corrected chi connectivity index (χ3v) is 3.65. The van der Waals surface area contributed by atoms with Crippen LogP contribution in [0.3, 0.4) is 0 Å². The zero-order valence-corrected chi connectivity index (χ0v) is 10.7. The fraction of sp³-hybridized carbons (Fsp3) is 0.714. The molecule has 1 amide bonds. The Hall–Kier alpha value is -1.34. The van der Waals surface area contributed by atoms with E-state index in [2.05, 4.69) is 16.7 Å². The number of hydrogen-bond acceptors (Lipinski definition) is 3. The lowest BCUT2D eigenvalue weighted by Gasteiger charge is -2.23. The molecule has 2 rings (SSSR count). The second-order valence-corrected chi connectivity index (χ2v) is 5.07. The molecular weight excluding hydrogens is 228 g/mol. The summed E-state index contributed by atoms with van der Waals surface area (Å²) in [6, 6.07) is 0. The van der Waals surface area contributed by atoms with Crippen LogP contribution in [0.15, 0.2) is 0 Å². The number of amides is 1. The molecule has 0 aliphatic carbocycles. The number of carbonyl (C=O) groups is 2. The molecule has 98 valence electrons. The third kappa shape index (κ3) is 3.58. The summed E-state index contributed by atoms with van der Waals surface area (Å²) < 4.78 is 0. The maximum absolute atomic E-state index is 11.8. The van der Waals surface area contributed by atoms with E-state index >= 15 is 0 Å². The monoisotopic (exact) mass is 248 g/mol. The third-order valence-electron chi connectivity index (χ3n) is 3.65.